The van der Waals surface area contributed by atoms with Crippen LogP contribution in [0.3, 0.4) is 0 Å². The Balaban J connectivity index is 0.00000144. The summed E-state index contributed by atoms with van der Waals surface area (Å²) in [7, 11) is 2.11. The topological polar surface area (TPSA) is 54.2 Å². The number of likely N-dealkylation sites (N-methyl/N-ethyl adjacent to an activating group) is 1. The van der Waals surface area contributed by atoms with Gasteiger partial charge in [-0.2, -0.15) is 4.98 Å². The van der Waals surface area contributed by atoms with Crippen LogP contribution in [0.25, 0.3) is 0 Å². The highest BCUT2D eigenvalue weighted by Crippen LogP contribution is 2.13. The van der Waals surface area contributed by atoms with Gasteiger partial charge in [-0.15, -0.1) is 12.4 Å². The average Bonchev–Trinajstić information content (AvgIpc) is 2.87. The molecule has 0 aromatic carbocycles. The molecule has 1 aliphatic rings. The predicted octanol–water partition coefficient (Wildman–Crippen LogP) is 1.41. The van der Waals surface area contributed by atoms with Crippen molar-refractivity contribution in [1.82, 2.24) is 20.4 Å². The normalized spacial score (nSPS) is 19.9. The molecule has 0 bridgehead atoms. The molecule has 1 aromatic heterocycles. The largest absolute Gasteiger partial charge is 0.339 e. The molecule has 1 unspecified atom stereocenters. The van der Waals surface area contributed by atoms with Gasteiger partial charge in [0.05, 0.1) is 6.54 Å². The van der Waals surface area contributed by atoms with E-state index in [1.54, 1.807) is 0 Å². The van der Waals surface area contributed by atoms with Gasteiger partial charge >= 0.3 is 0 Å². The van der Waals surface area contributed by atoms with E-state index in [0.717, 1.165) is 31.3 Å². The molecule has 1 N–H and O–H groups in total. The molecule has 17 heavy (non-hydrogen) atoms. The van der Waals surface area contributed by atoms with Crippen molar-refractivity contribution in [2.24, 2.45) is 0 Å². The smallest absolute Gasteiger partial charge is 0.229 e. The molecule has 0 saturated carbocycles. The zero-order chi connectivity index (χ0) is 11.5. The van der Waals surface area contributed by atoms with Crippen LogP contribution in [0, 0.1) is 0 Å². The van der Waals surface area contributed by atoms with E-state index in [1.807, 2.05) is 0 Å². The van der Waals surface area contributed by atoms with Gasteiger partial charge < -0.3 is 9.84 Å². The van der Waals surface area contributed by atoms with Crippen molar-refractivity contribution >= 4 is 12.4 Å². The predicted molar refractivity (Wildman–Crippen MR) is 68.4 cm³/mol. The molecule has 98 valence electrons. The molecule has 6 heteroatoms. The minimum atomic E-state index is 0. The number of hydrogen-bond donors (Lipinski definition) is 1. The molecule has 1 saturated heterocycles. The first-order chi connectivity index (χ1) is 7.66. The van der Waals surface area contributed by atoms with E-state index in [4.69, 9.17) is 4.52 Å². The van der Waals surface area contributed by atoms with Gasteiger partial charge in [0.1, 0.15) is 0 Å². The fraction of sp³-hybridized carbons (Fsp3) is 0.818. The summed E-state index contributed by atoms with van der Waals surface area (Å²) in [5.74, 6) is 1.82. The second kappa shape index (κ2) is 6.33. The van der Waals surface area contributed by atoms with Crippen molar-refractivity contribution in [3.05, 3.63) is 11.7 Å². The fourth-order valence-electron chi connectivity index (χ4n) is 1.93. The summed E-state index contributed by atoms with van der Waals surface area (Å²) >= 11 is 0. The van der Waals surface area contributed by atoms with Crippen LogP contribution in [0.5, 0.6) is 0 Å². The standard InChI is InChI=1S/C11H20N4O.ClH/c1-8(2)11-13-10(14-16-11)7-15(3)9-4-5-12-6-9;/h8-9,12H,4-7H2,1-3H3;1H. The molecule has 5 nitrogen and oxygen atoms in total. The Morgan fingerprint density at radius 3 is 2.82 bits per heavy atom. The van der Waals surface area contributed by atoms with Crippen molar-refractivity contribution < 1.29 is 4.52 Å². The lowest BCUT2D eigenvalue weighted by Gasteiger charge is -2.21. The van der Waals surface area contributed by atoms with Crippen LogP contribution < -0.4 is 5.32 Å². The summed E-state index contributed by atoms with van der Waals surface area (Å²) in [6.45, 7) is 7.05. The van der Waals surface area contributed by atoms with Crippen LogP contribution in [0.4, 0.5) is 0 Å². The monoisotopic (exact) mass is 260 g/mol. The summed E-state index contributed by atoms with van der Waals surface area (Å²) in [4.78, 5) is 6.67. The number of rotatable bonds is 4. The van der Waals surface area contributed by atoms with Crippen molar-refractivity contribution in [1.29, 1.82) is 0 Å². The van der Waals surface area contributed by atoms with E-state index >= 15 is 0 Å². The molecule has 2 rings (SSSR count). The Kier molecular flexibility index (Phi) is 5.36. The van der Waals surface area contributed by atoms with Gasteiger partial charge in [-0.05, 0) is 20.0 Å². The molecular weight excluding hydrogens is 240 g/mol. The second-order valence-corrected chi connectivity index (χ2v) is 4.77. The number of hydrogen-bond acceptors (Lipinski definition) is 5. The van der Waals surface area contributed by atoms with Crippen molar-refractivity contribution in [2.45, 2.75) is 38.8 Å². The third-order valence-corrected chi connectivity index (χ3v) is 3.03. The minimum Gasteiger partial charge on any atom is -0.339 e. The molecule has 0 radical (unpaired) electrons. The second-order valence-electron chi connectivity index (χ2n) is 4.77. The lowest BCUT2D eigenvalue weighted by atomic mass is 10.2. The van der Waals surface area contributed by atoms with Crippen LogP contribution in [0.1, 0.15) is 37.9 Å². The maximum absolute atomic E-state index is 5.19. The van der Waals surface area contributed by atoms with E-state index < -0.39 is 0 Å². The minimum absolute atomic E-state index is 0. The van der Waals surface area contributed by atoms with Gasteiger partial charge in [0.2, 0.25) is 5.89 Å². The highest BCUT2D eigenvalue weighted by molar-refractivity contribution is 5.85. The van der Waals surface area contributed by atoms with Crippen LogP contribution >= 0.6 is 12.4 Å². The maximum Gasteiger partial charge on any atom is 0.229 e. The first-order valence-corrected chi connectivity index (χ1v) is 5.90. The van der Waals surface area contributed by atoms with Crippen molar-refractivity contribution in [3.63, 3.8) is 0 Å². The number of aromatic nitrogens is 2. The molecule has 1 aliphatic heterocycles. The van der Waals surface area contributed by atoms with Crippen LogP contribution in [0.2, 0.25) is 0 Å². The van der Waals surface area contributed by atoms with Gasteiger partial charge in [-0.25, -0.2) is 0 Å². The highest BCUT2D eigenvalue weighted by Gasteiger charge is 2.21. The molecule has 1 aromatic rings. The third kappa shape index (κ3) is 3.66. The Labute approximate surface area is 108 Å². The summed E-state index contributed by atoms with van der Waals surface area (Å²) in [6.07, 6.45) is 1.20. The van der Waals surface area contributed by atoms with E-state index in [2.05, 4.69) is 41.3 Å². The molecule has 2 heterocycles. The van der Waals surface area contributed by atoms with Crippen LogP contribution in [-0.2, 0) is 6.54 Å². The van der Waals surface area contributed by atoms with Gasteiger partial charge in [-0.3, -0.25) is 4.90 Å². The Bertz CT molecular complexity index is 336. The van der Waals surface area contributed by atoms with E-state index in [-0.39, 0.29) is 12.4 Å². The van der Waals surface area contributed by atoms with E-state index in [1.165, 1.54) is 6.42 Å². The zero-order valence-corrected chi connectivity index (χ0v) is 11.5. The summed E-state index contributed by atoms with van der Waals surface area (Å²) in [5, 5.41) is 7.36. The SMILES string of the molecule is CC(C)c1nc(CN(C)C2CCNC2)no1.Cl. The van der Waals surface area contributed by atoms with Crippen LogP contribution in [0.15, 0.2) is 4.52 Å². The summed E-state index contributed by atoms with van der Waals surface area (Å²) in [5.41, 5.74) is 0. The molecular formula is C11H21ClN4O. The fourth-order valence-corrected chi connectivity index (χ4v) is 1.93. The van der Waals surface area contributed by atoms with Gasteiger partial charge in [0, 0.05) is 18.5 Å². The first kappa shape index (κ1) is 14.4. The molecule has 0 amide bonds. The first-order valence-electron chi connectivity index (χ1n) is 5.90. The average molecular weight is 261 g/mol. The lowest BCUT2D eigenvalue weighted by Crippen LogP contribution is -2.33. The van der Waals surface area contributed by atoms with Gasteiger partial charge in [-0.1, -0.05) is 19.0 Å². The van der Waals surface area contributed by atoms with E-state index in [0.29, 0.717) is 12.0 Å². The lowest BCUT2D eigenvalue weighted by molar-refractivity contribution is 0.238. The Morgan fingerprint density at radius 1 is 1.53 bits per heavy atom. The third-order valence-electron chi connectivity index (χ3n) is 3.03. The number of nitrogens with zero attached hydrogens (tertiary/aromatic N) is 3. The molecule has 0 aliphatic carbocycles. The van der Waals surface area contributed by atoms with Gasteiger partial charge in [0.15, 0.2) is 5.82 Å². The summed E-state index contributed by atoms with van der Waals surface area (Å²) in [6, 6.07) is 0.598. The number of halogens is 1. The highest BCUT2D eigenvalue weighted by atomic mass is 35.5. The summed E-state index contributed by atoms with van der Waals surface area (Å²) < 4.78 is 5.19. The quantitative estimate of drug-likeness (QED) is 0.887. The molecule has 1 atom stereocenters. The van der Waals surface area contributed by atoms with E-state index in [9.17, 15) is 0 Å². The molecule has 0 spiro atoms. The number of nitrogens with one attached hydrogen (secondary N) is 1. The van der Waals surface area contributed by atoms with Gasteiger partial charge in [0.25, 0.3) is 0 Å². The van der Waals surface area contributed by atoms with Crippen molar-refractivity contribution in [3.8, 4) is 0 Å². The van der Waals surface area contributed by atoms with Crippen LogP contribution in [-0.4, -0.2) is 41.2 Å². The molecule has 1 fully saturated rings. The van der Waals surface area contributed by atoms with Crippen molar-refractivity contribution in [2.75, 3.05) is 20.1 Å². The zero-order valence-electron chi connectivity index (χ0n) is 10.6. The maximum atomic E-state index is 5.19. The Morgan fingerprint density at radius 2 is 2.29 bits per heavy atom. The Hall–Kier alpha value is -0.650.